The summed E-state index contributed by atoms with van der Waals surface area (Å²) in [6, 6.07) is 5.86. The topological polar surface area (TPSA) is 89.3 Å². The molecule has 18 heavy (non-hydrogen) atoms. The van der Waals surface area contributed by atoms with Gasteiger partial charge >= 0.3 is 0 Å². The quantitative estimate of drug-likeness (QED) is 0.755. The van der Waals surface area contributed by atoms with Crippen molar-refractivity contribution in [1.82, 2.24) is 4.72 Å². The molecular weight excluding hydrogens is 272 g/mol. The number of benzene rings is 1. The van der Waals surface area contributed by atoms with Gasteiger partial charge in [-0.3, -0.25) is 4.21 Å². The Bertz CT molecular complexity index is 529. The van der Waals surface area contributed by atoms with E-state index in [4.69, 9.17) is 5.73 Å². The lowest BCUT2D eigenvalue weighted by Gasteiger charge is -2.13. The van der Waals surface area contributed by atoms with Crippen LogP contribution in [0.15, 0.2) is 29.2 Å². The highest BCUT2D eigenvalue weighted by Gasteiger charge is 2.17. The molecular formula is C11H18N2O3S2. The molecule has 0 aliphatic rings. The van der Waals surface area contributed by atoms with Gasteiger partial charge in [-0.2, -0.15) is 0 Å². The largest absolute Gasteiger partial charge is 0.399 e. The van der Waals surface area contributed by atoms with Crippen molar-refractivity contribution >= 4 is 26.5 Å². The van der Waals surface area contributed by atoms with Gasteiger partial charge in [-0.1, -0.05) is 6.07 Å². The number of nitrogens with one attached hydrogen (secondary N) is 1. The lowest BCUT2D eigenvalue weighted by Crippen LogP contribution is -2.33. The minimum absolute atomic E-state index is 0.145. The Labute approximate surface area is 110 Å². The second kappa shape index (κ2) is 6.31. The number of anilines is 1. The molecule has 2 atom stereocenters. The van der Waals surface area contributed by atoms with Gasteiger partial charge in [-0.25, -0.2) is 13.1 Å². The molecule has 0 aliphatic carbocycles. The van der Waals surface area contributed by atoms with Crippen molar-refractivity contribution in [2.45, 2.75) is 24.3 Å². The number of sulfonamides is 1. The zero-order valence-corrected chi connectivity index (χ0v) is 12.1. The fourth-order valence-electron chi connectivity index (χ4n) is 1.42. The van der Waals surface area contributed by atoms with Crippen LogP contribution in [0.25, 0.3) is 0 Å². The third-order valence-electron chi connectivity index (χ3n) is 2.36. The van der Waals surface area contributed by atoms with E-state index in [0.29, 0.717) is 17.9 Å². The summed E-state index contributed by atoms with van der Waals surface area (Å²) in [4.78, 5) is 0.145. The van der Waals surface area contributed by atoms with Gasteiger partial charge in [0.1, 0.15) is 0 Å². The van der Waals surface area contributed by atoms with Crippen molar-refractivity contribution < 1.29 is 12.6 Å². The molecule has 0 heterocycles. The molecule has 3 N–H and O–H groups in total. The van der Waals surface area contributed by atoms with E-state index >= 15 is 0 Å². The summed E-state index contributed by atoms with van der Waals surface area (Å²) in [6.45, 7) is 1.75. The molecule has 0 saturated carbocycles. The number of hydrogen-bond acceptors (Lipinski definition) is 4. The molecule has 0 spiro atoms. The standard InChI is InChI=1S/C11H18N2O3S2/c1-9(6-7-17(2)14)13-18(15,16)11-5-3-4-10(12)8-11/h3-5,8-9,13H,6-7,12H2,1-2H3. The van der Waals surface area contributed by atoms with Crippen LogP contribution in [-0.2, 0) is 20.8 Å². The zero-order valence-electron chi connectivity index (χ0n) is 10.4. The van der Waals surface area contributed by atoms with Crippen molar-refractivity contribution in [3.05, 3.63) is 24.3 Å². The summed E-state index contributed by atoms with van der Waals surface area (Å²) in [6.07, 6.45) is 2.13. The molecule has 0 bridgehead atoms. The Morgan fingerprint density at radius 3 is 2.67 bits per heavy atom. The number of rotatable bonds is 6. The summed E-state index contributed by atoms with van der Waals surface area (Å²) in [5.74, 6) is 0.473. The maximum atomic E-state index is 12.0. The van der Waals surface area contributed by atoms with Gasteiger partial charge in [-0.05, 0) is 31.5 Å². The first-order valence-corrected chi connectivity index (χ1v) is 8.70. The van der Waals surface area contributed by atoms with E-state index in [9.17, 15) is 12.6 Å². The third-order valence-corrected chi connectivity index (χ3v) is 4.76. The van der Waals surface area contributed by atoms with Crippen LogP contribution in [0.2, 0.25) is 0 Å². The van der Waals surface area contributed by atoms with Crippen LogP contribution in [0.4, 0.5) is 5.69 Å². The molecule has 0 aliphatic heterocycles. The van der Waals surface area contributed by atoms with E-state index in [1.807, 2.05) is 0 Å². The van der Waals surface area contributed by atoms with E-state index in [1.165, 1.54) is 12.1 Å². The Hall–Kier alpha value is -0.920. The Balaban J connectivity index is 2.73. The van der Waals surface area contributed by atoms with Gasteiger partial charge in [-0.15, -0.1) is 0 Å². The normalized spacial score (nSPS) is 15.2. The van der Waals surface area contributed by atoms with Crippen molar-refractivity contribution in [1.29, 1.82) is 0 Å². The molecule has 0 fully saturated rings. The van der Waals surface area contributed by atoms with Crippen LogP contribution in [0.3, 0.4) is 0 Å². The highest BCUT2D eigenvalue weighted by Crippen LogP contribution is 2.13. The van der Waals surface area contributed by atoms with Crippen LogP contribution in [0.5, 0.6) is 0 Å². The average molecular weight is 290 g/mol. The van der Waals surface area contributed by atoms with Crippen molar-refractivity contribution in [3.63, 3.8) is 0 Å². The lowest BCUT2D eigenvalue weighted by molar-refractivity contribution is 0.556. The minimum atomic E-state index is -3.56. The number of hydrogen-bond donors (Lipinski definition) is 2. The summed E-state index contributed by atoms with van der Waals surface area (Å²) in [5, 5.41) is 0. The predicted molar refractivity (Wildman–Crippen MR) is 74.2 cm³/mol. The first-order valence-electron chi connectivity index (χ1n) is 5.49. The smallest absolute Gasteiger partial charge is 0.240 e. The monoisotopic (exact) mass is 290 g/mol. The summed E-state index contributed by atoms with van der Waals surface area (Å²) in [7, 11) is -4.48. The maximum Gasteiger partial charge on any atom is 0.240 e. The van der Waals surface area contributed by atoms with Crippen LogP contribution in [0.1, 0.15) is 13.3 Å². The molecule has 0 radical (unpaired) electrons. The van der Waals surface area contributed by atoms with E-state index in [1.54, 1.807) is 25.3 Å². The molecule has 7 heteroatoms. The van der Waals surface area contributed by atoms with Crippen molar-refractivity contribution in [3.8, 4) is 0 Å². The number of nitrogen functional groups attached to an aromatic ring is 1. The van der Waals surface area contributed by atoms with Crippen molar-refractivity contribution in [2.24, 2.45) is 0 Å². The molecule has 2 unspecified atom stereocenters. The summed E-state index contributed by atoms with van der Waals surface area (Å²) >= 11 is 0. The summed E-state index contributed by atoms with van der Waals surface area (Å²) in [5.41, 5.74) is 5.96. The average Bonchev–Trinajstić information content (AvgIpc) is 2.26. The maximum absolute atomic E-state index is 12.0. The fourth-order valence-corrected chi connectivity index (χ4v) is 3.43. The molecule has 0 saturated heterocycles. The SMILES string of the molecule is CC(CCS(C)=O)NS(=O)(=O)c1cccc(N)c1. The molecule has 1 aromatic rings. The lowest BCUT2D eigenvalue weighted by atomic mass is 10.3. The van der Waals surface area contributed by atoms with E-state index < -0.39 is 20.8 Å². The molecule has 102 valence electrons. The number of nitrogens with two attached hydrogens (primary N) is 1. The van der Waals surface area contributed by atoms with Gasteiger partial charge in [0.2, 0.25) is 10.0 Å². The minimum Gasteiger partial charge on any atom is -0.399 e. The van der Waals surface area contributed by atoms with E-state index in [-0.39, 0.29) is 10.9 Å². The van der Waals surface area contributed by atoms with Crippen molar-refractivity contribution in [2.75, 3.05) is 17.7 Å². The molecule has 1 aromatic carbocycles. The van der Waals surface area contributed by atoms with Gasteiger partial charge in [0.05, 0.1) is 4.90 Å². The van der Waals surface area contributed by atoms with Crippen LogP contribution in [-0.4, -0.2) is 30.7 Å². The van der Waals surface area contributed by atoms with Crippen LogP contribution >= 0.6 is 0 Å². The first kappa shape index (κ1) is 15.1. The van der Waals surface area contributed by atoms with Crippen LogP contribution < -0.4 is 10.5 Å². The fraction of sp³-hybridized carbons (Fsp3) is 0.455. The van der Waals surface area contributed by atoms with E-state index in [0.717, 1.165) is 0 Å². The van der Waals surface area contributed by atoms with Gasteiger partial charge < -0.3 is 5.73 Å². The Morgan fingerprint density at radius 2 is 2.11 bits per heavy atom. The Kier molecular flexibility index (Phi) is 5.30. The molecule has 1 rings (SSSR count). The highest BCUT2D eigenvalue weighted by atomic mass is 32.2. The first-order chi connectivity index (χ1) is 8.31. The van der Waals surface area contributed by atoms with Gasteiger partial charge in [0.15, 0.2) is 0 Å². The Morgan fingerprint density at radius 1 is 1.44 bits per heavy atom. The second-order valence-electron chi connectivity index (χ2n) is 4.16. The molecule has 0 amide bonds. The second-order valence-corrected chi connectivity index (χ2v) is 7.43. The van der Waals surface area contributed by atoms with Gasteiger partial charge in [0, 0.05) is 34.5 Å². The predicted octanol–water partition coefficient (Wildman–Crippen LogP) is 0.704. The highest BCUT2D eigenvalue weighted by molar-refractivity contribution is 7.89. The summed E-state index contributed by atoms with van der Waals surface area (Å²) < 4.78 is 37.5. The van der Waals surface area contributed by atoms with Crippen LogP contribution in [0, 0.1) is 0 Å². The molecule has 0 aromatic heterocycles. The third kappa shape index (κ3) is 4.75. The van der Waals surface area contributed by atoms with Gasteiger partial charge in [0.25, 0.3) is 0 Å². The zero-order chi connectivity index (χ0) is 13.8. The van der Waals surface area contributed by atoms with E-state index in [2.05, 4.69) is 4.72 Å². The molecule has 5 nitrogen and oxygen atoms in total.